The Kier molecular flexibility index (Phi) is 4.95. The minimum absolute atomic E-state index is 0.349. The molecule has 126 valence electrons. The first-order chi connectivity index (χ1) is 12.0. The summed E-state index contributed by atoms with van der Waals surface area (Å²) >= 11 is 5.82. The van der Waals surface area contributed by atoms with Gasteiger partial charge in [0.05, 0.1) is 11.9 Å². The van der Waals surface area contributed by atoms with Crippen molar-refractivity contribution in [2.75, 3.05) is 0 Å². The maximum atomic E-state index is 12.1. The fourth-order valence-electron chi connectivity index (χ4n) is 2.26. The predicted molar refractivity (Wildman–Crippen MR) is 100 cm³/mol. The van der Waals surface area contributed by atoms with Gasteiger partial charge in [-0.05, 0) is 54.8 Å². The van der Waals surface area contributed by atoms with E-state index in [2.05, 4.69) is 27.6 Å². The number of hydrogen-bond acceptors (Lipinski definition) is 3. The Morgan fingerprint density at radius 2 is 1.88 bits per heavy atom. The van der Waals surface area contributed by atoms with Gasteiger partial charge in [-0.3, -0.25) is 9.89 Å². The summed E-state index contributed by atoms with van der Waals surface area (Å²) in [5, 5.41) is 11.5. The van der Waals surface area contributed by atoms with Crippen molar-refractivity contribution in [2.45, 2.75) is 13.8 Å². The first-order valence-electron chi connectivity index (χ1n) is 7.75. The van der Waals surface area contributed by atoms with E-state index >= 15 is 0 Å². The van der Waals surface area contributed by atoms with Crippen molar-refractivity contribution in [1.29, 1.82) is 0 Å². The molecular formula is C19H17ClN4O. The number of H-pyrrole nitrogens is 1. The largest absolute Gasteiger partial charge is 0.289 e. The lowest BCUT2D eigenvalue weighted by Crippen LogP contribution is -2.17. The van der Waals surface area contributed by atoms with Gasteiger partial charge in [0.25, 0.3) is 5.91 Å². The summed E-state index contributed by atoms with van der Waals surface area (Å²) in [7, 11) is 0. The third kappa shape index (κ3) is 4.14. The van der Waals surface area contributed by atoms with Crippen molar-refractivity contribution in [1.82, 2.24) is 15.6 Å². The zero-order chi connectivity index (χ0) is 17.8. The molecule has 2 aromatic carbocycles. The molecule has 0 saturated carbocycles. The van der Waals surface area contributed by atoms with E-state index in [1.54, 1.807) is 24.4 Å². The van der Waals surface area contributed by atoms with Crippen LogP contribution in [0.5, 0.6) is 0 Å². The van der Waals surface area contributed by atoms with E-state index in [1.807, 2.05) is 37.3 Å². The molecule has 25 heavy (non-hydrogen) atoms. The van der Waals surface area contributed by atoms with E-state index in [-0.39, 0.29) is 5.91 Å². The maximum Gasteiger partial charge on any atom is 0.289 e. The van der Waals surface area contributed by atoms with E-state index in [1.165, 1.54) is 11.1 Å². The molecule has 6 heteroatoms. The number of benzene rings is 2. The molecule has 0 bridgehead atoms. The summed E-state index contributed by atoms with van der Waals surface area (Å²) in [4.78, 5) is 12.1. The minimum atomic E-state index is -0.354. The SMILES string of the molecule is Cc1ccc(-c2cc(C(=O)NN=Cc3ccc(Cl)cc3)[nH]n2)cc1C. The molecule has 1 heterocycles. The van der Waals surface area contributed by atoms with Gasteiger partial charge in [-0.2, -0.15) is 10.2 Å². The van der Waals surface area contributed by atoms with Gasteiger partial charge < -0.3 is 0 Å². The number of aromatic amines is 1. The van der Waals surface area contributed by atoms with Crippen LogP contribution in [-0.2, 0) is 0 Å². The number of nitrogens with one attached hydrogen (secondary N) is 2. The highest BCUT2D eigenvalue weighted by Crippen LogP contribution is 2.20. The van der Waals surface area contributed by atoms with Crippen molar-refractivity contribution in [3.63, 3.8) is 0 Å². The number of hydrogen-bond donors (Lipinski definition) is 2. The standard InChI is InChI=1S/C19H17ClN4O/c1-12-3-6-15(9-13(12)2)17-10-18(23-22-17)19(25)24-21-11-14-4-7-16(20)8-5-14/h3-11H,1-2H3,(H,22,23)(H,24,25). The van der Waals surface area contributed by atoms with Crippen LogP contribution in [0.1, 0.15) is 27.2 Å². The highest BCUT2D eigenvalue weighted by molar-refractivity contribution is 6.30. The second-order valence-corrected chi connectivity index (χ2v) is 6.15. The van der Waals surface area contributed by atoms with Crippen molar-refractivity contribution in [3.8, 4) is 11.3 Å². The van der Waals surface area contributed by atoms with E-state index in [0.29, 0.717) is 10.7 Å². The topological polar surface area (TPSA) is 70.1 Å². The highest BCUT2D eigenvalue weighted by atomic mass is 35.5. The number of rotatable bonds is 4. The third-order valence-corrected chi connectivity index (χ3v) is 4.13. The average molecular weight is 353 g/mol. The van der Waals surface area contributed by atoms with E-state index in [0.717, 1.165) is 16.8 Å². The average Bonchev–Trinajstić information content (AvgIpc) is 3.09. The molecule has 0 radical (unpaired) electrons. The van der Waals surface area contributed by atoms with Crippen LogP contribution in [0, 0.1) is 13.8 Å². The first-order valence-corrected chi connectivity index (χ1v) is 8.13. The Morgan fingerprint density at radius 3 is 2.60 bits per heavy atom. The second kappa shape index (κ2) is 7.32. The second-order valence-electron chi connectivity index (χ2n) is 5.72. The number of amides is 1. The van der Waals surface area contributed by atoms with Gasteiger partial charge in [0.2, 0.25) is 0 Å². The Morgan fingerprint density at radius 1 is 1.12 bits per heavy atom. The number of nitrogens with zero attached hydrogens (tertiary/aromatic N) is 2. The minimum Gasteiger partial charge on any atom is -0.272 e. The van der Waals surface area contributed by atoms with Gasteiger partial charge in [-0.25, -0.2) is 5.43 Å². The lowest BCUT2D eigenvalue weighted by Gasteiger charge is -2.01. The van der Waals surface area contributed by atoms with Crippen molar-refractivity contribution < 1.29 is 4.79 Å². The van der Waals surface area contributed by atoms with Gasteiger partial charge in [0.1, 0.15) is 5.69 Å². The summed E-state index contributed by atoms with van der Waals surface area (Å²) in [5.74, 6) is -0.354. The van der Waals surface area contributed by atoms with Crippen molar-refractivity contribution >= 4 is 23.7 Å². The molecule has 0 unspecified atom stereocenters. The van der Waals surface area contributed by atoms with Gasteiger partial charge in [-0.15, -0.1) is 0 Å². The normalized spacial score (nSPS) is 11.0. The zero-order valence-electron chi connectivity index (χ0n) is 13.9. The molecule has 0 aliphatic carbocycles. The van der Waals surface area contributed by atoms with Crippen LogP contribution < -0.4 is 5.43 Å². The van der Waals surface area contributed by atoms with E-state index < -0.39 is 0 Å². The van der Waals surface area contributed by atoms with Crippen LogP contribution >= 0.6 is 11.6 Å². The summed E-state index contributed by atoms with van der Waals surface area (Å²) in [6.07, 6.45) is 1.55. The molecule has 3 aromatic rings. The number of aryl methyl sites for hydroxylation is 2. The molecule has 0 atom stereocenters. The number of hydrazone groups is 1. The molecule has 3 rings (SSSR count). The molecule has 2 N–H and O–H groups in total. The molecule has 0 fully saturated rings. The summed E-state index contributed by atoms with van der Waals surface area (Å²) in [6, 6.07) is 14.9. The number of aromatic nitrogens is 2. The molecular weight excluding hydrogens is 336 g/mol. The lowest BCUT2D eigenvalue weighted by molar-refractivity contribution is 0.0950. The van der Waals surface area contributed by atoms with Crippen LogP contribution in [-0.4, -0.2) is 22.3 Å². The summed E-state index contributed by atoms with van der Waals surface area (Å²) in [5.41, 5.74) is 7.74. The monoisotopic (exact) mass is 352 g/mol. The zero-order valence-corrected chi connectivity index (χ0v) is 14.6. The number of halogens is 1. The third-order valence-electron chi connectivity index (χ3n) is 3.87. The first kappa shape index (κ1) is 16.9. The fourth-order valence-corrected chi connectivity index (χ4v) is 2.39. The molecule has 5 nitrogen and oxygen atoms in total. The maximum absolute atomic E-state index is 12.1. The van der Waals surface area contributed by atoms with Crippen molar-refractivity contribution in [2.24, 2.45) is 5.10 Å². The highest BCUT2D eigenvalue weighted by Gasteiger charge is 2.10. The van der Waals surface area contributed by atoms with Crippen LogP contribution in [0.3, 0.4) is 0 Å². The lowest BCUT2D eigenvalue weighted by atomic mass is 10.0. The molecule has 1 amide bonds. The molecule has 1 aromatic heterocycles. The number of carbonyl (C=O) groups is 1. The van der Waals surface area contributed by atoms with Crippen molar-refractivity contribution in [3.05, 3.63) is 75.9 Å². The van der Waals surface area contributed by atoms with Gasteiger partial charge in [0, 0.05) is 10.6 Å². The smallest absolute Gasteiger partial charge is 0.272 e. The van der Waals surface area contributed by atoms with Gasteiger partial charge in [-0.1, -0.05) is 35.9 Å². The van der Waals surface area contributed by atoms with Gasteiger partial charge >= 0.3 is 0 Å². The van der Waals surface area contributed by atoms with E-state index in [9.17, 15) is 4.79 Å². The summed E-state index contributed by atoms with van der Waals surface area (Å²) < 4.78 is 0. The quantitative estimate of drug-likeness (QED) is 0.548. The van der Waals surface area contributed by atoms with Crippen LogP contribution in [0.4, 0.5) is 0 Å². The van der Waals surface area contributed by atoms with Gasteiger partial charge in [0.15, 0.2) is 0 Å². The predicted octanol–water partition coefficient (Wildman–Crippen LogP) is 4.11. The van der Waals surface area contributed by atoms with Crippen LogP contribution in [0.15, 0.2) is 53.6 Å². The Hall–Kier alpha value is -2.92. The molecule has 0 aliphatic rings. The molecule has 0 spiro atoms. The van der Waals surface area contributed by atoms with E-state index in [4.69, 9.17) is 11.6 Å². The summed E-state index contributed by atoms with van der Waals surface area (Å²) in [6.45, 7) is 4.10. The molecule has 0 saturated heterocycles. The Balaban J connectivity index is 1.68. The fraction of sp³-hybridized carbons (Fsp3) is 0.105. The van der Waals surface area contributed by atoms with Crippen LogP contribution in [0.25, 0.3) is 11.3 Å². The Labute approximate surface area is 150 Å². The number of carbonyl (C=O) groups excluding carboxylic acids is 1. The molecule has 0 aliphatic heterocycles. The Bertz CT molecular complexity index is 929. The van der Waals surface area contributed by atoms with Crippen LogP contribution in [0.2, 0.25) is 5.02 Å².